The highest BCUT2D eigenvalue weighted by atomic mass is 35.5. The number of carbonyl (C=O) groups is 2. The van der Waals surface area contributed by atoms with Crippen molar-refractivity contribution in [1.82, 2.24) is 5.43 Å². The Bertz CT molecular complexity index is 1120. The van der Waals surface area contributed by atoms with Crippen LogP contribution in [-0.4, -0.2) is 24.1 Å². The van der Waals surface area contributed by atoms with Gasteiger partial charge in [0, 0.05) is 10.7 Å². The van der Waals surface area contributed by atoms with E-state index in [-0.39, 0.29) is 23.4 Å². The molecule has 3 aromatic carbocycles. The van der Waals surface area contributed by atoms with E-state index in [1.165, 1.54) is 6.07 Å². The highest BCUT2D eigenvalue weighted by Crippen LogP contribution is 2.22. The van der Waals surface area contributed by atoms with Crippen LogP contribution in [0.4, 0.5) is 5.69 Å². The van der Waals surface area contributed by atoms with Crippen LogP contribution in [0.1, 0.15) is 22.8 Å². The monoisotopic (exact) mass is 455 g/mol. The van der Waals surface area contributed by atoms with Crippen LogP contribution >= 0.6 is 23.2 Å². The molecule has 0 aromatic heterocycles. The van der Waals surface area contributed by atoms with Crippen molar-refractivity contribution in [1.29, 1.82) is 0 Å². The van der Waals surface area contributed by atoms with E-state index < -0.39 is 0 Å². The van der Waals surface area contributed by atoms with Gasteiger partial charge in [-0.25, -0.2) is 5.43 Å². The molecular weight excluding hydrogens is 437 g/mol. The second kappa shape index (κ2) is 10.6. The molecular formula is C23H19Cl2N3O3. The van der Waals surface area contributed by atoms with Crippen LogP contribution in [0.2, 0.25) is 10.0 Å². The van der Waals surface area contributed by atoms with E-state index in [1.54, 1.807) is 49.4 Å². The molecule has 6 nitrogen and oxygen atoms in total. The van der Waals surface area contributed by atoms with Crippen molar-refractivity contribution in [2.45, 2.75) is 6.92 Å². The number of ether oxygens (including phenoxy) is 1. The smallest absolute Gasteiger partial charge is 0.277 e. The maximum absolute atomic E-state index is 12.5. The van der Waals surface area contributed by atoms with Crippen molar-refractivity contribution in [3.63, 3.8) is 0 Å². The molecule has 0 saturated carbocycles. The van der Waals surface area contributed by atoms with Crippen molar-refractivity contribution >= 4 is 46.4 Å². The number of rotatable bonds is 7. The van der Waals surface area contributed by atoms with Crippen LogP contribution in [0.3, 0.4) is 0 Å². The maximum atomic E-state index is 12.5. The lowest BCUT2D eigenvalue weighted by Gasteiger charge is -2.09. The Morgan fingerprint density at radius 2 is 1.74 bits per heavy atom. The molecule has 31 heavy (non-hydrogen) atoms. The number of nitrogens with one attached hydrogen (secondary N) is 2. The summed E-state index contributed by atoms with van der Waals surface area (Å²) in [6, 6.07) is 20.8. The van der Waals surface area contributed by atoms with Gasteiger partial charge in [0.15, 0.2) is 6.61 Å². The largest absolute Gasteiger partial charge is 0.484 e. The van der Waals surface area contributed by atoms with Gasteiger partial charge in [-0.15, -0.1) is 0 Å². The quantitative estimate of drug-likeness (QED) is 0.381. The highest BCUT2D eigenvalue weighted by molar-refractivity contribution is 6.37. The average Bonchev–Trinajstić information content (AvgIpc) is 2.76. The summed E-state index contributed by atoms with van der Waals surface area (Å²) in [6.07, 6.45) is 0. The van der Waals surface area contributed by atoms with Crippen LogP contribution in [0.25, 0.3) is 0 Å². The Morgan fingerprint density at radius 3 is 2.48 bits per heavy atom. The molecule has 158 valence electrons. The van der Waals surface area contributed by atoms with Crippen molar-refractivity contribution in [3.8, 4) is 5.75 Å². The standard InChI is InChI=1S/C23H19Cl2N3O3/c1-15(27-28-22(29)14-31-19-8-3-2-4-9-19)16-6-5-7-18(12-16)26-23(30)20-11-10-17(24)13-21(20)25/h2-13H,14H2,1H3,(H,26,30)(H,28,29)/b27-15-. The van der Waals surface area contributed by atoms with Gasteiger partial charge in [0.1, 0.15) is 5.75 Å². The molecule has 8 heteroatoms. The van der Waals surface area contributed by atoms with E-state index in [9.17, 15) is 9.59 Å². The Balaban J connectivity index is 1.60. The van der Waals surface area contributed by atoms with Crippen LogP contribution in [0, 0.1) is 0 Å². The lowest BCUT2D eigenvalue weighted by atomic mass is 10.1. The zero-order valence-electron chi connectivity index (χ0n) is 16.6. The topological polar surface area (TPSA) is 79.8 Å². The maximum Gasteiger partial charge on any atom is 0.277 e. The Morgan fingerprint density at radius 1 is 0.968 bits per heavy atom. The number of nitrogens with zero attached hydrogens (tertiary/aromatic N) is 1. The van der Waals surface area contributed by atoms with Crippen molar-refractivity contribution < 1.29 is 14.3 Å². The summed E-state index contributed by atoms with van der Waals surface area (Å²) in [7, 11) is 0. The predicted octanol–water partition coefficient (Wildman–Crippen LogP) is 5.16. The molecule has 0 atom stereocenters. The fraction of sp³-hybridized carbons (Fsp3) is 0.0870. The summed E-state index contributed by atoms with van der Waals surface area (Å²) in [6.45, 7) is 1.59. The third kappa shape index (κ3) is 6.57. The molecule has 0 spiro atoms. The second-order valence-corrected chi connectivity index (χ2v) is 7.34. The number of carbonyl (C=O) groups excluding carboxylic acids is 2. The van der Waals surface area contributed by atoms with Crippen LogP contribution in [-0.2, 0) is 4.79 Å². The van der Waals surface area contributed by atoms with E-state index in [0.717, 1.165) is 5.56 Å². The van der Waals surface area contributed by atoms with Crippen LogP contribution in [0.5, 0.6) is 5.75 Å². The van der Waals surface area contributed by atoms with Gasteiger partial charge < -0.3 is 10.1 Å². The lowest BCUT2D eigenvalue weighted by molar-refractivity contribution is -0.123. The Kier molecular flexibility index (Phi) is 7.65. The first-order chi connectivity index (χ1) is 14.9. The number of amides is 2. The van der Waals surface area contributed by atoms with E-state index in [1.807, 2.05) is 24.3 Å². The van der Waals surface area contributed by atoms with Gasteiger partial charge in [-0.1, -0.05) is 53.5 Å². The molecule has 0 fully saturated rings. The summed E-state index contributed by atoms with van der Waals surface area (Å²) < 4.78 is 5.38. The van der Waals surface area contributed by atoms with Gasteiger partial charge in [-0.3, -0.25) is 9.59 Å². The van der Waals surface area contributed by atoms with Gasteiger partial charge in [0.2, 0.25) is 0 Å². The third-order valence-electron chi connectivity index (χ3n) is 4.18. The van der Waals surface area contributed by atoms with Gasteiger partial charge >= 0.3 is 0 Å². The van der Waals surface area contributed by atoms with E-state index in [0.29, 0.717) is 27.7 Å². The van der Waals surface area contributed by atoms with Gasteiger partial charge in [-0.2, -0.15) is 5.10 Å². The third-order valence-corrected chi connectivity index (χ3v) is 4.72. The summed E-state index contributed by atoms with van der Waals surface area (Å²) in [5.74, 6) is -0.146. The minimum atomic E-state index is -0.384. The predicted molar refractivity (Wildman–Crippen MR) is 123 cm³/mol. The molecule has 0 radical (unpaired) electrons. The van der Waals surface area contributed by atoms with E-state index >= 15 is 0 Å². The minimum Gasteiger partial charge on any atom is -0.484 e. The molecule has 0 aliphatic carbocycles. The molecule has 0 unspecified atom stereocenters. The fourth-order valence-electron chi connectivity index (χ4n) is 2.60. The highest BCUT2D eigenvalue weighted by Gasteiger charge is 2.11. The summed E-state index contributed by atoms with van der Waals surface area (Å²) in [5.41, 5.74) is 4.62. The molecule has 3 rings (SSSR count). The number of hydrazone groups is 1. The van der Waals surface area contributed by atoms with Gasteiger partial charge in [0.25, 0.3) is 11.8 Å². The van der Waals surface area contributed by atoms with Crippen molar-refractivity contribution in [2.24, 2.45) is 5.10 Å². The van der Waals surface area contributed by atoms with E-state index in [2.05, 4.69) is 15.8 Å². The molecule has 2 N–H and O–H groups in total. The SMILES string of the molecule is C/C(=N/NC(=O)COc1ccccc1)c1cccc(NC(=O)c2ccc(Cl)cc2Cl)c1. The molecule has 0 aliphatic rings. The zero-order chi connectivity index (χ0) is 22.2. The molecule has 0 aliphatic heterocycles. The second-order valence-electron chi connectivity index (χ2n) is 6.49. The minimum absolute atomic E-state index is 0.154. The fourth-order valence-corrected chi connectivity index (χ4v) is 3.10. The van der Waals surface area contributed by atoms with Gasteiger partial charge in [-0.05, 0) is 55.0 Å². The first kappa shape index (κ1) is 22.3. The van der Waals surface area contributed by atoms with Crippen molar-refractivity contribution in [3.05, 3.63) is 94.0 Å². The number of benzene rings is 3. The number of hydrogen-bond acceptors (Lipinski definition) is 4. The number of anilines is 1. The summed E-state index contributed by atoms with van der Waals surface area (Å²) in [5, 5.41) is 7.60. The molecule has 3 aromatic rings. The number of halogens is 2. The lowest BCUT2D eigenvalue weighted by Crippen LogP contribution is -2.25. The Hall–Kier alpha value is -3.35. The molecule has 0 heterocycles. The zero-order valence-corrected chi connectivity index (χ0v) is 18.1. The first-order valence-electron chi connectivity index (χ1n) is 9.30. The number of para-hydroxylation sites is 1. The Labute approximate surface area is 189 Å². The normalized spacial score (nSPS) is 11.0. The average molecular weight is 456 g/mol. The van der Waals surface area contributed by atoms with Crippen molar-refractivity contribution in [2.75, 3.05) is 11.9 Å². The van der Waals surface area contributed by atoms with Gasteiger partial charge in [0.05, 0.1) is 16.3 Å². The number of hydrogen-bond donors (Lipinski definition) is 2. The molecule has 0 bridgehead atoms. The molecule has 2 amide bonds. The molecule has 0 saturated heterocycles. The summed E-state index contributed by atoms with van der Waals surface area (Å²) in [4.78, 5) is 24.4. The first-order valence-corrected chi connectivity index (χ1v) is 10.1. The van der Waals surface area contributed by atoms with Crippen LogP contribution < -0.4 is 15.5 Å². The van der Waals surface area contributed by atoms with E-state index in [4.69, 9.17) is 27.9 Å². The van der Waals surface area contributed by atoms with Crippen LogP contribution in [0.15, 0.2) is 77.9 Å². The summed E-state index contributed by atoms with van der Waals surface area (Å²) >= 11 is 12.0.